The van der Waals surface area contributed by atoms with Crippen LogP contribution in [0, 0.1) is 0 Å². The van der Waals surface area contributed by atoms with E-state index in [1.807, 2.05) is 23.6 Å². The van der Waals surface area contributed by atoms with Gasteiger partial charge in [-0.25, -0.2) is 4.98 Å². The Bertz CT molecular complexity index is 674. The molecular formula is C13H9NO2S2. The molecule has 90 valence electrons. The van der Waals surface area contributed by atoms with E-state index < -0.39 is 0 Å². The van der Waals surface area contributed by atoms with Crippen LogP contribution in [0.5, 0.6) is 11.6 Å². The largest absolute Gasteiger partial charge is 0.507 e. The highest BCUT2D eigenvalue weighted by Gasteiger charge is 2.16. The zero-order chi connectivity index (χ0) is 12.5. The lowest BCUT2D eigenvalue weighted by Crippen LogP contribution is -1.74. The number of aromatic nitrogens is 1. The third-order valence-corrected chi connectivity index (χ3v) is 4.61. The van der Waals surface area contributed by atoms with Crippen LogP contribution in [0.15, 0.2) is 41.8 Å². The van der Waals surface area contributed by atoms with Crippen LogP contribution in [0.2, 0.25) is 0 Å². The summed E-state index contributed by atoms with van der Waals surface area (Å²) in [6.45, 7) is 0. The van der Waals surface area contributed by atoms with E-state index in [1.54, 1.807) is 29.5 Å². The molecule has 0 unspecified atom stereocenters. The average Bonchev–Trinajstić information content (AvgIpc) is 2.99. The van der Waals surface area contributed by atoms with Crippen molar-refractivity contribution in [1.29, 1.82) is 0 Å². The third-order valence-electron chi connectivity index (χ3n) is 2.49. The first-order chi connectivity index (χ1) is 8.75. The molecule has 0 amide bonds. The van der Waals surface area contributed by atoms with Gasteiger partial charge in [-0.15, -0.1) is 22.7 Å². The van der Waals surface area contributed by atoms with Gasteiger partial charge in [0.15, 0.2) is 0 Å². The van der Waals surface area contributed by atoms with Gasteiger partial charge in [0.1, 0.15) is 15.6 Å². The predicted octanol–water partition coefficient (Wildman–Crippen LogP) is 3.95. The van der Waals surface area contributed by atoms with Crippen molar-refractivity contribution >= 4 is 22.7 Å². The highest BCUT2D eigenvalue weighted by atomic mass is 32.1. The van der Waals surface area contributed by atoms with Crippen molar-refractivity contribution in [3.8, 4) is 32.0 Å². The summed E-state index contributed by atoms with van der Waals surface area (Å²) in [5.41, 5.74) is 0.607. The second-order valence-electron chi connectivity index (χ2n) is 3.67. The summed E-state index contributed by atoms with van der Waals surface area (Å²) in [4.78, 5) is 5.75. The summed E-state index contributed by atoms with van der Waals surface area (Å²) >= 11 is 2.95. The Balaban J connectivity index is 2.12. The Morgan fingerprint density at radius 3 is 2.56 bits per heavy atom. The van der Waals surface area contributed by atoms with E-state index in [0.29, 0.717) is 10.4 Å². The van der Waals surface area contributed by atoms with Crippen molar-refractivity contribution in [3.05, 3.63) is 41.8 Å². The van der Waals surface area contributed by atoms with E-state index in [1.165, 1.54) is 11.3 Å². The van der Waals surface area contributed by atoms with Crippen LogP contribution in [0.25, 0.3) is 20.3 Å². The monoisotopic (exact) mass is 275 g/mol. The Hall–Kier alpha value is -1.85. The molecule has 0 aliphatic heterocycles. The van der Waals surface area contributed by atoms with Crippen LogP contribution >= 0.6 is 22.7 Å². The van der Waals surface area contributed by atoms with E-state index in [0.717, 1.165) is 9.88 Å². The number of nitrogens with zero attached hydrogens (tertiary/aromatic N) is 1. The summed E-state index contributed by atoms with van der Waals surface area (Å²) < 4.78 is 0. The van der Waals surface area contributed by atoms with Crippen molar-refractivity contribution < 1.29 is 10.2 Å². The Kier molecular flexibility index (Phi) is 2.77. The minimum atomic E-state index is -0.0371. The number of hydrogen-bond acceptors (Lipinski definition) is 5. The molecule has 0 bridgehead atoms. The maximum Gasteiger partial charge on any atom is 0.230 e. The second kappa shape index (κ2) is 4.44. The van der Waals surface area contributed by atoms with Crippen molar-refractivity contribution in [2.24, 2.45) is 0 Å². The second-order valence-corrected chi connectivity index (χ2v) is 5.61. The Labute approximate surface area is 112 Å². The summed E-state index contributed by atoms with van der Waals surface area (Å²) in [6.07, 6.45) is 0. The number of phenolic OH excluding ortho intramolecular Hbond substituents is 1. The zero-order valence-electron chi connectivity index (χ0n) is 9.20. The van der Waals surface area contributed by atoms with E-state index in [4.69, 9.17) is 0 Å². The summed E-state index contributed by atoms with van der Waals surface area (Å²) in [6, 6.07) is 10.8. The molecule has 3 rings (SSSR count). The van der Waals surface area contributed by atoms with Crippen LogP contribution in [0.3, 0.4) is 0 Å². The summed E-state index contributed by atoms with van der Waals surface area (Å²) in [7, 11) is 0. The van der Waals surface area contributed by atoms with Gasteiger partial charge >= 0.3 is 0 Å². The van der Waals surface area contributed by atoms with E-state index in [2.05, 4.69) is 4.98 Å². The molecule has 0 atom stereocenters. The quantitative estimate of drug-likeness (QED) is 0.744. The van der Waals surface area contributed by atoms with Crippen LogP contribution in [-0.4, -0.2) is 15.2 Å². The lowest BCUT2D eigenvalue weighted by molar-refractivity contribution is 0.457. The van der Waals surface area contributed by atoms with Gasteiger partial charge in [0.25, 0.3) is 0 Å². The molecule has 0 radical (unpaired) electrons. The molecular weight excluding hydrogens is 266 g/mol. The number of para-hydroxylation sites is 1. The molecule has 2 aromatic heterocycles. The SMILES string of the molecule is Oc1ccccc1-c1sc(-c2cccs2)nc1O. The Morgan fingerprint density at radius 1 is 1.00 bits per heavy atom. The lowest BCUT2D eigenvalue weighted by atomic mass is 10.2. The highest BCUT2D eigenvalue weighted by Crippen LogP contribution is 2.43. The van der Waals surface area contributed by atoms with Gasteiger partial charge in [-0.05, 0) is 23.6 Å². The molecule has 3 nitrogen and oxygen atoms in total. The smallest absolute Gasteiger partial charge is 0.230 e. The number of hydrogen-bond donors (Lipinski definition) is 2. The summed E-state index contributed by atoms with van der Waals surface area (Å²) in [5, 5.41) is 22.4. The minimum Gasteiger partial charge on any atom is -0.507 e. The van der Waals surface area contributed by atoms with Gasteiger partial charge in [-0.3, -0.25) is 0 Å². The van der Waals surface area contributed by atoms with Gasteiger partial charge in [-0.1, -0.05) is 18.2 Å². The van der Waals surface area contributed by atoms with Crippen LogP contribution < -0.4 is 0 Å². The fraction of sp³-hybridized carbons (Fsp3) is 0. The number of phenols is 1. The minimum absolute atomic E-state index is 0.0371. The van der Waals surface area contributed by atoms with Crippen molar-refractivity contribution in [3.63, 3.8) is 0 Å². The van der Waals surface area contributed by atoms with Crippen LogP contribution in [0.4, 0.5) is 0 Å². The first-order valence-corrected chi connectivity index (χ1v) is 6.97. The third kappa shape index (κ3) is 1.87. The van der Waals surface area contributed by atoms with Crippen LogP contribution in [0.1, 0.15) is 0 Å². The molecule has 2 heterocycles. The van der Waals surface area contributed by atoms with Gasteiger partial charge in [-0.2, -0.15) is 0 Å². The maximum atomic E-state index is 9.90. The molecule has 0 spiro atoms. The lowest BCUT2D eigenvalue weighted by Gasteiger charge is -2.00. The van der Waals surface area contributed by atoms with Crippen molar-refractivity contribution in [2.45, 2.75) is 0 Å². The molecule has 3 aromatic rings. The molecule has 0 fully saturated rings. The molecule has 1 aromatic carbocycles. The molecule has 5 heteroatoms. The normalized spacial score (nSPS) is 10.7. The van der Waals surface area contributed by atoms with E-state index in [9.17, 15) is 10.2 Å². The molecule has 0 saturated carbocycles. The molecule has 0 aliphatic carbocycles. The van der Waals surface area contributed by atoms with Gasteiger partial charge < -0.3 is 10.2 Å². The van der Waals surface area contributed by atoms with Crippen LogP contribution in [-0.2, 0) is 0 Å². The zero-order valence-corrected chi connectivity index (χ0v) is 10.8. The number of thiophene rings is 1. The predicted molar refractivity (Wildman–Crippen MR) is 74.2 cm³/mol. The fourth-order valence-corrected chi connectivity index (χ4v) is 3.45. The number of thiazole rings is 1. The first kappa shape index (κ1) is 11.3. The van der Waals surface area contributed by atoms with Gasteiger partial charge in [0.05, 0.1) is 4.88 Å². The summed E-state index contributed by atoms with van der Waals surface area (Å²) in [5.74, 6) is 0.110. The maximum absolute atomic E-state index is 9.90. The first-order valence-electron chi connectivity index (χ1n) is 5.28. The number of rotatable bonds is 2. The molecule has 2 N–H and O–H groups in total. The number of aromatic hydroxyl groups is 2. The van der Waals surface area contributed by atoms with E-state index >= 15 is 0 Å². The topological polar surface area (TPSA) is 53.4 Å². The van der Waals surface area contributed by atoms with E-state index in [-0.39, 0.29) is 11.6 Å². The molecule has 0 saturated heterocycles. The number of benzene rings is 1. The average molecular weight is 275 g/mol. The highest BCUT2D eigenvalue weighted by molar-refractivity contribution is 7.23. The van der Waals surface area contributed by atoms with Gasteiger partial charge in [0.2, 0.25) is 5.88 Å². The fourth-order valence-electron chi connectivity index (χ4n) is 1.66. The molecule has 0 aliphatic rings. The molecule has 18 heavy (non-hydrogen) atoms. The van der Waals surface area contributed by atoms with Crippen molar-refractivity contribution in [2.75, 3.05) is 0 Å². The Morgan fingerprint density at radius 2 is 1.83 bits per heavy atom. The standard InChI is InChI=1S/C13H9NO2S2/c15-9-5-2-1-4-8(9)11-12(16)14-13(18-11)10-6-3-7-17-10/h1-7,15-16H. The van der Waals surface area contributed by atoms with Gasteiger partial charge in [0, 0.05) is 5.56 Å². The van der Waals surface area contributed by atoms with Crippen molar-refractivity contribution in [1.82, 2.24) is 4.98 Å².